The lowest BCUT2D eigenvalue weighted by Gasteiger charge is -2.44. The van der Waals surface area contributed by atoms with Crippen molar-refractivity contribution in [3.63, 3.8) is 0 Å². The zero-order valence-electron chi connectivity index (χ0n) is 17.9. The second kappa shape index (κ2) is 9.22. The van der Waals surface area contributed by atoms with Gasteiger partial charge in [0.2, 0.25) is 0 Å². The number of halogens is 2. The fraction of sp³-hybridized carbons (Fsp3) is 0.435. The van der Waals surface area contributed by atoms with Crippen molar-refractivity contribution < 1.29 is 19.1 Å². The van der Waals surface area contributed by atoms with Gasteiger partial charge in [0.15, 0.2) is 0 Å². The molecule has 8 heteroatoms. The summed E-state index contributed by atoms with van der Waals surface area (Å²) in [6.45, 7) is 6.66. The van der Waals surface area contributed by atoms with Gasteiger partial charge in [-0.05, 0) is 60.9 Å². The molecule has 0 saturated carbocycles. The maximum atomic E-state index is 14.0. The van der Waals surface area contributed by atoms with E-state index in [1.807, 2.05) is 6.07 Å². The van der Waals surface area contributed by atoms with Gasteiger partial charge < -0.3 is 15.3 Å². The van der Waals surface area contributed by atoms with Crippen LogP contribution in [0.2, 0.25) is 5.02 Å². The molecule has 0 bridgehead atoms. The average molecular weight is 448 g/mol. The van der Waals surface area contributed by atoms with E-state index in [1.54, 1.807) is 17.0 Å². The van der Waals surface area contributed by atoms with Crippen LogP contribution in [-0.2, 0) is 6.42 Å². The molecule has 2 amide bonds. The number of rotatable bonds is 4. The van der Waals surface area contributed by atoms with E-state index < -0.39 is 17.8 Å². The molecule has 1 aromatic carbocycles. The topological polar surface area (TPSA) is 82.5 Å². The van der Waals surface area contributed by atoms with E-state index >= 15 is 0 Å². The largest absolute Gasteiger partial charge is 0.465 e. The third kappa shape index (κ3) is 5.73. The summed E-state index contributed by atoms with van der Waals surface area (Å²) in [4.78, 5) is 30.1. The van der Waals surface area contributed by atoms with E-state index in [-0.39, 0.29) is 28.0 Å². The highest BCUT2D eigenvalue weighted by molar-refractivity contribution is 6.30. The Morgan fingerprint density at radius 2 is 2.03 bits per heavy atom. The molecule has 0 spiro atoms. The van der Waals surface area contributed by atoms with Crippen LogP contribution in [0.25, 0.3) is 0 Å². The van der Waals surface area contributed by atoms with Crippen molar-refractivity contribution in [3.8, 4) is 0 Å². The van der Waals surface area contributed by atoms with E-state index in [9.17, 15) is 19.1 Å². The van der Waals surface area contributed by atoms with Crippen LogP contribution in [0.15, 0.2) is 36.4 Å². The van der Waals surface area contributed by atoms with Crippen molar-refractivity contribution >= 4 is 29.4 Å². The smallest absolute Gasteiger partial charge is 0.407 e. The van der Waals surface area contributed by atoms with Crippen molar-refractivity contribution in [2.24, 2.45) is 11.3 Å². The van der Waals surface area contributed by atoms with Gasteiger partial charge in [0.05, 0.1) is 5.56 Å². The first-order valence-corrected chi connectivity index (χ1v) is 10.6. The molecule has 1 aliphatic heterocycles. The summed E-state index contributed by atoms with van der Waals surface area (Å²) >= 11 is 5.74. The van der Waals surface area contributed by atoms with Crippen LogP contribution in [0.4, 0.5) is 15.0 Å². The molecule has 2 atom stereocenters. The third-order valence-corrected chi connectivity index (χ3v) is 5.91. The molecule has 1 saturated heterocycles. The van der Waals surface area contributed by atoms with Gasteiger partial charge in [0.25, 0.3) is 5.91 Å². The lowest BCUT2D eigenvalue weighted by Crippen LogP contribution is -2.51. The summed E-state index contributed by atoms with van der Waals surface area (Å²) in [5, 5.41) is 12.4. The molecule has 1 fully saturated rings. The van der Waals surface area contributed by atoms with Crippen molar-refractivity contribution in [3.05, 3.63) is 58.5 Å². The molecule has 1 aliphatic rings. The monoisotopic (exact) mass is 447 g/mol. The summed E-state index contributed by atoms with van der Waals surface area (Å²) in [6, 6.07) is 9.14. The number of nitrogens with one attached hydrogen (secondary N) is 1. The summed E-state index contributed by atoms with van der Waals surface area (Å²) in [5.41, 5.74) is 0.532. The number of carboxylic acid groups (broad SMARTS) is 1. The number of aromatic nitrogens is 1. The first-order valence-electron chi connectivity index (χ1n) is 10.3. The predicted octanol–water partition coefficient (Wildman–Crippen LogP) is 5.47. The molecule has 2 heterocycles. The van der Waals surface area contributed by atoms with Crippen molar-refractivity contribution in [1.29, 1.82) is 0 Å². The average Bonchev–Trinajstić information content (AvgIpc) is 2.67. The van der Waals surface area contributed by atoms with Gasteiger partial charge in [0.1, 0.15) is 11.6 Å². The Balaban J connectivity index is 1.69. The van der Waals surface area contributed by atoms with Gasteiger partial charge in [0, 0.05) is 23.3 Å². The van der Waals surface area contributed by atoms with Gasteiger partial charge in [-0.3, -0.25) is 4.79 Å². The van der Waals surface area contributed by atoms with Crippen LogP contribution in [0.1, 0.15) is 49.7 Å². The zero-order valence-corrected chi connectivity index (χ0v) is 18.6. The number of nitrogens with zero attached hydrogens (tertiary/aromatic N) is 2. The van der Waals surface area contributed by atoms with Gasteiger partial charge in [-0.2, -0.15) is 0 Å². The summed E-state index contributed by atoms with van der Waals surface area (Å²) in [5.74, 6) is -0.667. The highest BCUT2D eigenvalue weighted by atomic mass is 35.5. The van der Waals surface area contributed by atoms with Crippen LogP contribution in [0.3, 0.4) is 0 Å². The molecule has 0 radical (unpaired) electrons. The molecule has 2 N–H and O–H groups in total. The molecule has 1 aromatic heterocycles. The molecule has 31 heavy (non-hydrogen) atoms. The maximum absolute atomic E-state index is 14.0. The number of anilines is 1. The normalized spacial score (nSPS) is 19.2. The quantitative estimate of drug-likeness (QED) is 0.650. The predicted molar refractivity (Wildman–Crippen MR) is 118 cm³/mol. The van der Waals surface area contributed by atoms with E-state index in [2.05, 4.69) is 31.1 Å². The second-order valence-corrected chi connectivity index (χ2v) is 9.48. The van der Waals surface area contributed by atoms with Gasteiger partial charge in [-0.25, -0.2) is 14.2 Å². The minimum Gasteiger partial charge on any atom is -0.465 e. The van der Waals surface area contributed by atoms with Crippen molar-refractivity contribution in [1.82, 2.24) is 9.88 Å². The number of carbonyl (C=O) groups excluding carboxylic acids is 1. The van der Waals surface area contributed by atoms with E-state index in [0.29, 0.717) is 18.8 Å². The first kappa shape index (κ1) is 23.0. The maximum Gasteiger partial charge on any atom is 0.407 e. The van der Waals surface area contributed by atoms with E-state index in [4.69, 9.17) is 11.6 Å². The highest BCUT2D eigenvalue weighted by Crippen LogP contribution is 2.35. The minimum atomic E-state index is -0.879. The Hall–Kier alpha value is -2.67. The van der Waals surface area contributed by atoms with Crippen molar-refractivity contribution in [2.45, 2.75) is 46.1 Å². The number of hydrogen-bond acceptors (Lipinski definition) is 3. The molecule has 2 aromatic rings. The van der Waals surface area contributed by atoms with Gasteiger partial charge >= 0.3 is 6.09 Å². The van der Waals surface area contributed by atoms with Crippen LogP contribution < -0.4 is 5.32 Å². The minimum absolute atomic E-state index is 0.0699. The number of pyridine rings is 1. The first-order chi connectivity index (χ1) is 14.5. The molecular formula is C23H27ClFN3O3. The highest BCUT2D eigenvalue weighted by Gasteiger charge is 2.38. The van der Waals surface area contributed by atoms with Crippen LogP contribution in [0, 0.1) is 17.2 Å². The van der Waals surface area contributed by atoms with Gasteiger partial charge in [-0.15, -0.1) is 0 Å². The Kier molecular flexibility index (Phi) is 6.84. The standard InChI is InChI=1S/C23H27ClFN3O3/c1-23(2,3)19-12-14(9-10-28(19)22(30)31)11-16-5-4-6-20(26-16)27-21(29)17-8-7-15(24)13-18(17)25/h4-8,13-14,19H,9-12H2,1-3H3,(H,30,31)(H,26,27,29). The molecular weight excluding hydrogens is 421 g/mol. The Labute approximate surface area is 186 Å². The number of benzene rings is 1. The molecule has 166 valence electrons. The molecule has 3 rings (SSSR count). The second-order valence-electron chi connectivity index (χ2n) is 9.04. The summed E-state index contributed by atoms with van der Waals surface area (Å²) in [6.07, 6.45) is 1.31. The zero-order chi connectivity index (χ0) is 22.8. The fourth-order valence-electron chi connectivity index (χ4n) is 4.09. The van der Waals surface area contributed by atoms with E-state index in [0.717, 1.165) is 24.6 Å². The number of amides is 2. The Morgan fingerprint density at radius 1 is 1.29 bits per heavy atom. The Bertz CT molecular complexity index is 977. The van der Waals surface area contributed by atoms with Gasteiger partial charge in [-0.1, -0.05) is 38.4 Å². The molecule has 6 nitrogen and oxygen atoms in total. The van der Waals surface area contributed by atoms with Crippen LogP contribution in [0.5, 0.6) is 0 Å². The SMILES string of the molecule is CC(C)(C)C1CC(Cc2cccc(NC(=O)c3ccc(Cl)cc3F)n2)CCN1C(=O)O. The van der Waals surface area contributed by atoms with Crippen molar-refractivity contribution in [2.75, 3.05) is 11.9 Å². The summed E-state index contributed by atoms with van der Waals surface area (Å²) < 4.78 is 14.0. The van der Waals surface area contributed by atoms with E-state index in [1.165, 1.54) is 12.1 Å². The summed E-state index contributed by atoms with van der Waals surface area (Å²) in [7, 11) is 0. The fourth-order valence-corrected chi connectivity index (χ4v) is 4.25. The lowest BCUT2D eigenvalue weighted by atomic mass is 9.76. The van der Waals surface area contributed by atoms with Crippen LogP contribution >= 0.6 is 11.6 Å². The number of likely N-dealkylation sites (tertiary alicyclic amines) is 1. The molecule has 2 unspecified atom stereocenters. The lowest BCUT2D eigenvalue weighted by molar-refractivity contribution is 0.0405. The molecule has 0 aliphatic carbocycles. The number of carbonyl (C=O) groups is 2. The number of piperidine rings is 1. The number of hydrogen-bond donors (Lipinski definition) is 2. The Morgan fingerprint density at radius 3 is 2.68 bits per heavy atom. The third-order valence-electron chi connectivity index (χ3n) is 5.68. The van der Waals surface area contributed by atoms with Crippen LogP contribution in [-0.4, -0.2) is 39.6 Å².